The van der Waals surface area contributed by atoms with Gasteiger partial charge in [0.15, 0.2) is 0 Å². The van der Waals surface area contributed by atoms with Gasteiger partial charge in [-0.1, -0.05) is 39.0 Å². The van der Waals surface area contributed by atoms with Crippen LogP contribution >= 0.6 is 0 Å². The topological polar surface area (TPSA) is 21.3 Å². The zero-order valence-corrected chi connectivity index (χ0v) is 12.4. The molecule has 1 N–H and O–H groups in total. The molecule has 0 spiro atoms. The summed E-state index contributed by atoms with van der Waals surface area (Å²) in [5.41, 5.74) is 0. The molecule has 1 aliphatic carbocycles. The standard InChI is InChI=1S/C16H33NO/c1-2-12-17-13-8-3-4-9-14-18-15-16-10-6-5-7-11-16/h16-17H,2-15H2,1H3. The Kier molecular flexibility index (Phi) is 10.6. The predicted molar refractivity (Wildman–Crippen MR) is 79.0 cm³/mol. The largest absolute Gasteiger partial charge is 0.381 e. The van der Waals surface area contributed by atoms with Crippen LogP contribution in [0.4, 0.5) is 0 Å². The van der Waals surface area contributed by atoms with Gasteiger partial charge < -0.3 is 10.1 Å². The lowest BCUT2D eigenvalue weighted by atomic mass is 9.90. The second kappa shape index (κ2) is 12.0. The van der Waals surface area contributed by atoms with E-state index in [0.717, 1.165) is 19.1 Å². The van der Waals surface area contributed by atoms with Crippen LogP contribution in [0.1, 0.15) is 71.1 Å². The van der Waals surface area contributed by atoms with Gasteiger partial charge in [-0.15, -0.1) is 0 Å². The number of unbranched alkanes of at least 4 members (excludes halogenated alkanes) is 3. The van der Waals surface area contributed by atoms with Crippen LogP contribution in [0.15, 0.2) is 0 Å². The summed E-state index contributed by atoms with van der Waals surface area (Å²) in [6.45, 7) is 6.59. The van der Waals surface area contributed by atoms with Crippen LogP contribution < -0.4 is 5.32 Å². The fourth-order valence-corrected chi connectivity index (χ4v) is 2.71. The quantitative estimate of drug-likeness (QED) is 0.560. The minimum absolute atomic E-state index is 0.872. The van der Waals surface area contributed by atoms with Gasteiger partial charge in [-0.3, -0.25) is 0 Å². The summed E-state index contributed by atoms with van der Waals surface area (Å²) >= 11 is 0. The highest BCUT2D eigenvalue weighted by Gasteiger charge is 2.12. The van der Waals surface area contributed by atoms with Gasteiger partial charge in [-0.2, -0.15) is 0 Å². The minimum Gasteiger partial charge on any atom is -0.381 e. The molecule has 0 atom stereocenters. The Morgan fingerprint density at radius 3 is 2.50 bits per heavy atom. The molecule has 0 bridgehead atoms. The molecule has 0 aromatic heterocycles. The van der Waals surface area contributed by atoms with Crippen molar-refractivity contribution in [2.75, 3.05) is 26.3 Å². The molecule has 0 aliphatic heterocycles. The number of hydrogen-bond acceptors (Lipinski definition) is 2. The summed E-state index contributed by atoms with van der Waals surface area (Å²) in [5, 5.41) is 3.45. The van der Waals surface area contributed by atoms with Crippen molar-refractivity contribution in [3.63, 3.8) is 0 Å². The highest BCUT2D eigenvalue weighted by atomic mass is 16.5. The summed E-state index contributed by atoms with van der Waals surface area (Å²) < 4.78 is 5.80. The molecular formula is C16H33NO. The highest BCUT2D eigenvalue weighted by Crippen LogP contribution is 2.23. The Hall–Kier alpha value is -0.0800. The van der Waals surface area contributed by atoms with Crippen LogP contribution in [0.25, 0.3) is 0 Å². The van der Waals surface area contributed by atoms with E-state index in [1.807, 2.05) is 0 Å². The van der Waals surface area contributed by atoms with Crippen molar-refractivity contribution in [2.24, 2.45) is 5.92 Å². The van der Waals surface area contributed by atoms with Crippen molar-refractivity contribution < 1.29 is 4.74 Å². The van der Waals surface area contributed by atoms with E-state index in [2.05, 4.69) is 12.2 Å². The summed E-state index contributed by atoms with van der Waals surface area (Å²) in [5.74, 6) is 0.872. The molecule has 1 aliphatic rings. The molecule has 1 saturated carbocycles. The van der Waals surface area contributed by atoms with Crippen molar-refractivity contribution in [1.82, 2.24) is 5.32 Å². The Morgan fingerprint density at radius 2 is 1.72 bits per heavy atom. The van der Waals surface area contributed by atoms with Crippen molar-refractivity contribution in [3.8, 4) is 0 Å². The van der Waals surface area contributed by atoms with Gasteiger partial charge in [0.2, 0.25) is 0 Å². The van der Waals surface area contributed by atoms with Crippen LogP contribution in [0.5, 0.6) is 0 Å². The lowest BCUT2D eigenvalue weighted by molar-refractivity contribution is 0.0824. The third kappa shape index (κ3) is 8.93. The molecule has 0 aromatic carbocycles. The normalized spacial score (nSPS) is 17.2. The first-order valence-corrected chi connectivity index (χ1v) is 8.22. The molecule has 0 amide bonds. The minimum atomic E-state index is 0.872. The zero-order chi connectivity index (χ0) is 12.9. The first kappa shape index (κ1) is 16.0. The van der Waals surface area contributed by atoms with E-state index in [9.17, 15) is 0 Å². The second-order valence-electron chi connectivity index (χ2n) is 5.74. The summed E-state index contributed by atoms with van der Waals surface area (Å²) in [7, 11) is 0. The van der Waals surface area contributed by atoms with Crippen molar-refractivity contribution >= 4 is 0 Å². The van der Waals surface area contributed by atoms with Gasteiger partial charge in [0.1, 0.15) is 0 Å². The Labute approximate surface area is 114 Å². The molecule has 0 saturated heterocycles. The van der Waals surface area contributed by atoms with Crippen LogP contribution in [0.2, 0.25) is 0 Å². The smallest absolute Gasteiger partial charge is 0.0494 e. The summed E-state index contributed by atoms with van der Waals surface area (Å²) in [6, 6.07) is 0. The van der Waals surface area contributed by atoms with Crippen LogP contribution in [-0.4, -0.2) is 26.3 Å². The fourth-order valence-electron chi connectivity index (χ4n) is 2.71. The first-order valence-electron chi connectivity index (χ1n) is 8.22. The maximum absolute atomic E-state index is 5.80. The van der Waals surface area contributed by atoms with Crippen LogP contribution in [-0.2, 0) is 4.74 Å². The lowest BCUT2D eigenvalue weighted by Crippen LogP contribution is -2.15. The fraction of sp³-hybridized carbons (Fsp3) is 1.00. The van der Waals surface area contributed by atoms with E-state index in [-0.39, 0.29) is 0 Å². The second-order valence-corrected chi connectivity index (χ2v) is 5.74. The Morgan fingerprint density at radius 1 is 0.944 bits per heavy atom. The van der Waals surface area contributed by atoms with Gasteiger partial charge in [-0.25, -0.2) is 0 Å². The predicted octanol–water partition coefficient (Wildman–Crippen LogP) is 4.14. The summed E-state index contributed by atoms with van der Waals surface area (Å²) in [6.07, 6.45) is 13.6. The van der Waals surface area contributed by atoms with E-state index >= 15 is 0 Å². The van der Waals surface area contributed by atoms with Gasteiger partial charge in [0, 0.05) is 13.2 Å². The van der Waals surface area contributed by atoms with Crippen LogP contribution in [0.3, 0.4) is 0 Å². The van der Waals surface area contributed by atoms with Gasteiger partial charge in [0.25, 0.3) is 0 Å². The van der Waals surface area contributed by atoms with Crippen LogP contribution in [0, 0.1) is 5.92 Å². The molecular weight excluding hydrogens is 222 g/mol. The Bertz CT molecular complexity index is 166. The van der Waals surface area contributed by atoms with Gasteiger partial charge >= 0.3 is 0 Å². The molecule has 0 radical (unpaired) electrons. The maximum atomic E-state index is 5.80. The van der Waals surface area contributed by atoms with E-state index in [0.29, 0.717) is 0 Å². The summed E-state index contributed by atoms with van der Waals surface area (Å²) in [4.78, 5) is 0. The Balaban J connectivity index is 1.73. The maximum Gasteiger partial charge on any atom is 0.0494 e. The molecule has 18 heavy (non-hydrogen) atoms. The third-order valence-corrected chi connectivity index (χ3v) is 3.90. The van der Waals surface area contributed by atoms with E-state index in [1.54, 1.807) is 0 Å². The van der Waals surface area contributed by atoms with Gasteiger partial charge in [0.05, 0.1) is 0 Å². The molecule has 1 fully saturated rings. The molecule has 2 heteroatoms. The number of ether oxygens (including phenoxy) is 1. The molecule has 0 heterocycles. The average Bonchev–Trinajstić information content (AvgIpc) is 2.42. The number of rotatable bonds is 11. The molecule has 0 unspecified atom stereocenters. The van der Waals surface area contributed by atoms with Crippen molar-refractivity contribution in [2.45, 2.75) is 71.1 Å². The van der Waals surface area contributed by atoms with E-state index < -0.39 is 0 Å². The molecule has 0 aromatic rings. The zero-order valence-electron chi connectivity index (χ0n) is 12.4. The third-order valence-electron chi connectivity index (χ3n) is 3.90. The highest BCUT2D eigenvalue weighted by molar-refractivity contribution is 4.64. The molecule has 108 valence electrons. The molecule has 1 rings (SSSR count). The van der Waals surface area contributed by atoms with E-state index in [1.165, 1.54) is 77.3 Å². The number of hydrogen-bond donors (Lipinski definition) is 1. The molecule has 2 nitrogen and oxygen atoms in total. The van der Waals surface area contributed by atoms with Gasteiger partial charge in [-0.05, 0) is 51.1 Å². The average molecular weight is 255 g/mol. The number of nitrogens with one attached hydrogen (secondary N) is 1. The van der Waals surface area contributed by atoms with Crippen molar-refractivity contribution in [1.29, 1.82) is 0 Å². The first-order chi connectivity index (χ1) is 8.93. The lowest BCUT2D eigenvalue weighted by Gasteiger charge is -2.21. The van der Waals surface area contributed by atoms with Crippen molar-refractivity contribution in [3.05, 3.63) is 0 Å². The monoisotopic (exact) mass is 255 g/mol. The van der Waals surface area contributed by atoms with E-state index in [4.69, 9.17) is 4.74 Å². The SMILES string of the molecule is CCCNCCCCCCOCC1CCCCC1.